The second-order valence-electron chi connectivity index (χ2n) is 8.25. The fraction of sp³-hybridized carbons (Fsp3) is 0.261. The van der Waals surface area contributed by atoms with Crippen molar-refractivity contribution in [2.45, 2.75) is 24.3 Å². The van der Waals surface area contributed by atoms with Crippen molar-refractivity contribution in [3.63, 3.8) is 0 Å². The van der Waals surface area contributed by atoms with E-state index in [1.165, 1.54) is 24.3 Å². The van der Waals surface area contributed by atoms with Crippen LogP contribution in [0.3, 0.4) is 0 Å². The summed E-state index contributed by atoms with van der Waals surface area (Å²) in [5, 5.41) is 0. The quantitative estimate of drug-likeness (QED) is 0.452. The maximum absolute atomic E-state index is 14.0. The van der Waals surface area contributed by atoms with Crippen LogP contribution in [0.25, 0.3) is 0 Å². The monoisotopic (exact) mass is 497 g/mol. The van der Waals surface area contributed by atoms with E-state index in [0.29, 0.717) is 17.6 Å². The van der Waals surface area contributed by atoms with Crippen LogP contribution in [0.5, 0.6) is 17.2 Å². The summed E-state index contributed by atoms with van der Waals surface area (Å²) < 4.78 is 102. The first-order valence-electron chi connectivity index (χ1n) is 10.3. The van der Waals surface area contributed by atoms with E-state index in [1.807, 2.05) is 0 Å². The lowest BCUT2D eigenvalue weighted by Crippen LogP contribution is -2.42. The Morgan fingerprint density at radius 2 is 1.60 bits per heavy atom. The van der Waals surface area contributed by atoms with E-state index in [1.54, 1.807) is 0 Å². The molecule has 0 saturated heterocycles. The van der Waals surface area contributed by atoms with Crippen molar-refractivity contribution in [1.82, 2.24) is 0 Å². The maximum Gasteiger partial charge on any atom is 0.449 e. The second-order valence-corrected chi connectivity index (χ2v) is 8.25. The number of rotatable bonds is 2. The summed E-state index contributed by atoms with van der Waals surface area (Å²) in [6.07, 6.45) is -9.63. The summed E-state index contributed by atoms with van der Waals surface area (Å²) in [5.74, 6) is -1.52. The SMILES string of the molecule is O=C1N(Cc2ccc(C(F)(F)F)o2)c2c(C(F)(F)F)cccc2C12COc1cc3c(cc12)OCO3. The molecule has 182 valence electrons. The predicted octanol–water partition coefficient (Wildman–Crippen LogP) is 5.27. The van der Waals surface area contributed by atoms with Gasteiger partial charge in [0.2, 0.25) is 18.5 Å². The van der Waals surface area contributed by atoms with Gasteiger partial charge in [-0.15, -0.1) is 0 Å². The van der Waals surface area contributed by atoms with Crippen LogP contribution in [0.1, 0.15) is 28.2 Å². The molecule has 1 unspecified atom stereocenters. The number of hydrogen-bond acceptors (Lipinski definition) is 5. The molecule has 1 aromatic heterocycles. The van der Waals surface area contributed by atoms with Gasteiger partial charge in [0, 0.05) is 17.2 Å². The molecule has 6 nitrogen and oxygen atoms in total. The van der Waals surface area contributed by atoms with Gasteiger partial charge in [0.15, 0.2) is 11.5 Å². The molecule has 1 amide bonds. The van der Waals surface area contributed by atoms with Crippen LogP contribution in [0.4, 0.5) is 32.0 Å². The number of carbonyl (C=O) groups is 1. The van der Waals surface area contributed by atoms with E-state index in [9.17, 15) is 31.1 Å². The number of ether oxygens (including phenoxy) is 3. The van der Waals surface area contributed by atoms with Crippen molar-refractivity contribution < 1.29 is 49.8 Å². The molecule has 0 fully saturated rings. The smallest absolute Gasteiger partial charge is 0.449 e. The molecule has 0 bridgehead atoms. The number of nitrogens with zero attached hydrogens (tertiary/aromatic N) is 1. The summed E-state index contributed by atoms with van der Waals surface area (Å²) >= 11 is 0. The zero-order chi connectivity index (χ0) is 24.8. The average molecular weight is 497 g/mol. The van der Waals surface area contributed by atoms with Gasteiger partial charge >= 0.3 is 12.4 Å². The van der Waals surface area contributed by atoms with Crippen molar-refractivity contribution >= 4 is 11.6 Å². The van der Waals surface area contributed by atoms with E-state index in [2.05, 4.69) is 0 Å². The van der Waals surface area contributed by atoms with Crippen molar-refractivity contribution in [1.29, 1.82) is 0 Å². The van der Waals surface area contributed by atoms with Crippen molar-refractivity contribution in [2.24, 2.45) is 0 Å². The third kappa shape index (κ3) is 3.01. The van der Waals surface area contributed by atoms with Gasteiger partial charge < -0.3 is 23.5 Å². The Hall–Kier alpha value is -3.83. The molecule has 4 heterocycles. The molecule has 35 heavy (non-hydrogen) atoms. The number of fused-ring (bicyclic) bond motifs is 5. The van der Waals surface area contributed by atoms with Gasteiger partial charge in [-0.2, -0.15) is 26.3 Å². The molecule has 0 N–H and O–H groups in total. The number of para-hydroxylation sites is 1. The molecule has 0 saturated carbocycles. The van der Waals surface area contributed by atoms with Gasteiger partial charge in [-0.3, -0.25) is 4.79 Å². The zero-order valence-corrected chi connectivity index (χ0v) is 17.4. The number of halogens is 6. The third-order valence-corrected chi connectivity index (χ3v) is 6.32. The van der Waals surface area contributed by atoms with Gasteiger partial charge in [0.25, 0.3) is 0 Å². The molecule has 3 aliphatic rings. The largest absolute Gasteiger partial charge is 0.491 e. The Balaban J connectivity index is 1.53. The van der Waals surface area contributed by atoms with Crippen molar-refractivity contribution in [3.05, 3.63) is 70.7 Å². The number of carbonyl (C=O) groups excluding carboxylic acids is 1. The highest BCUT2D eigenvalue weighted by molar-refractivity contribution is 6.12. The second kappa shape index (κ2) is 6.86. The zero-order valence-electron chi connectivity index (χ0n) is 17.4. The van der Waals surface area contributed by atoms with Crippen LogP contribution >= 0.6 is 0 Å². The van der Waals surface area contributed by atoms with Crippen LogP contribution in [0.2, 0.25) is 0 Å². The number of anilines is 1. The van der Waals surface area contributed by atoms with E-state index in [0.717, 1.165) is 17.0 Å². The number of benzene rings is 2. The number of hydrogen-bond donors (Lipinski definition) is 0. The summed E-state index contributed by atoms with van der Waals surface area (Å²) in [6.45, 7) is -1.02. The molecule has 12 heteroatoms. The lowest BCUT2D eigenvalue weighted by molar-refractivity contribution is -0.153. The molecule has 3 aromatic rings. The molecule has 2 aromatic carbocycles. The van der Waals surface area contributed by atoms with Gasteiger partial charge in [-0.25, -0.2) is 0 Å². The van der Waals surface area contributed by atoms with Crippen molar-refractivity contribution in [2.75, 3.05) is 18.3 Å². The Morgan fingerprint density at radius 1 is 0.857 bits per heavy atom. The fourth-order valence-electron chi connectivity index (χ4n) is 4.82. The lowest BCUT2D eigenvalue weighted by Gasteiger charge is -2.23. The van der Waals surface area contributed by atoms with Crippen LogP contribution in [-0.4, -0.2) is 19.3 Å². The molecule has 6 rings (SSSR count). The Bertz CT molecular complexity index is 1380. The minimum absolute atomic E-state index is 0.0255. The lowest BCUT2D eigenvalue weighted by atomic mass is 9.76. The Labute approximate surface area is 192 Å². The van der Waals surface area contributed by atoms with Crippen molar-refractivity contribution in [3.8, 4) is 17.2 Å². The highest BCUT2D eigenvalue weighted by atomic mass is 19.4. The normalized spacial score (nSPS) is 20.4. The molecule has 0 aliphatic carbocycles. The summed E-state index contributed by atoms with van der Waals surface area (Å²) in [7, 11) is 0. The van der Waals surface area contributed by atoms with Gasteiger partial charge in [0.05, 0.1) is 17.8 Å². The van der Waals surface area contributed by atoms with E-state index < -0.39 is 47.2 Å². The minimum atomic E-state index is -4.84. The highest BCUT2D eigenvalue weighted by Gasteiger charge is 2.59. The van der Waals surface area contributed by atoms with Gasteiger partial charge in [-0.05, 0) is 24.3 Å². The first-order valence-corrected chi connectivity index (χ1v) is 10.3. The standard InChI is InChI=1S/C23H13F6NO5/c24-22(25,26)13-3-1-2-12-19(13)30(8-11-4-5-18(35-11)23(27,28)29)20(31)21(12)9-32-15-7-17-16(6-14(15)21)33-10-34-17/h1-7H,8-10H2. The molecular weight excluding hydrogens is 484 g/mol. The third-order valence-electron chi connectivity index (χ3n) is 6.32. The van der Waals surface area contributed by atoms with Gasteiger partial charge in [0.1, 0.15) is 23.5 Å². The summed E-state index contributed by atoms with van der Waals surface area (Å²) in [5.41, 5.74) is -2.91. The molecule has 3 aliphatic heterocycles. The fourth-order valence-corrected chi connectivity index (χ4v) is 4.82. The minimum Gasteiger partial charge on any atom is -0.491 e. The van der Waals surface area contributed by atoms with E-state index in [4.69, 9.17) is 18.6 Å². The van der Waals surface area contributed by atoms with E-state index in [-0.39, 0.29) is 36.0 Å². The maximum atomic E-state index is 14.0. The first-order chi connectivity index (χ1) is 16.5. The van der Waals surface area contributed by atoms with Gasteiger partial charge in [-0.1, -0.05) is 12.1 Å². The number of furan rings is 1. The Morgan fingerprint density at radius 3 is 2.29 bits per heavy atom. The molecule has 1 atom stereocenters. The molecular formula is C23H13F6NO5. The van der Waals surface area contributed by atoms with Crippen LogP contribution in [0, 0.1) is 0 Å². The van der Waals surface area contributed by atoms with E-state index >= 15 is 0 Å². The molecule has 0 radical (unpaired) electrons. The summed E-state index contributed by atoms with van der Waals surface area (Å²) in [4.78, 5) is 14.7. The number of alkyl halides is 6. The van der Waals surface area contributed by atoms with Crippen LogP contribution in [-0.2, 0) is 29.1 Å². The topological polar surface area (TPSA) is 61.1 Å². The van der Waals surface area contributed by atoms with Crippen LogP contribution in [0.15, 0.2) is 46.9 Å². The predicted molar refractivity (Wildman–Crippen MR) is 105 cm³/mol. The summed E-state index contributed by atoms with van der Waals surface area (Å²) in [6, 6.07) is 8.01. The molecule has 1 spiro atoms. The first kappa shape index (κ1) is 21.7. The number of amides is 1. The highest BCUT2D eigenvalue weighted by Crippen LogP contribution is 2.57. The average Bonchev–Trinajstić information content (AvgIpc) is 3.55. The van der Waals surface area contributed by atoms with Crippen LogP contribution < -0.4 is 19.1 Å². The Kier molecular flexibility index (Phi) is 4.25.